The number of esters is 1. The number of methoxy groups -OCH3 is 1. The van der Waals surface area contributed by atoms with Crippen molar-refractivity contribution in [2.75, 3.05) is 7.11 Å². The second-order valence-corrected chi connectivity index (χ2v) is 3.56. The lowest BCUT2D eigenvalue weighted by Gasteiger charge is -2.05. The molecule has 3 nitrogen and oxygen atoms in total. The lowest BCUT2D eigenvalue weighted by atomic mass is 10.1. The predicted molar refractivity (Wildman–Crippen MR) is 60.9 cm³/mol. The smallest absolute Gasteiger partial charge is 0.339 e. The van der Waals surface area contributed by atoms with Crippen molar-refractivity contribution in [3.8, 4) is 11.1 Å². The Kier molecular flexibility index (Phi) is 3.32. The summed E-state index contributed by atoms with van der Waals surface area (Å²) in [5.74, 6) is -2.50. The van der Waals surface area contributed by atoms with Gasteiger partial charge in [0.1, 0.15) is 0 Å². The molecule has 0 bridgehead atoms. The molecule has 0 N–H and O–H groups in total. The van der Waals surface area contributed by atoms with Crippen LogP contribution in [0, 0.1) is 11.6 Å². The van der Waals surface area contributed by atoms with E-state index in [9.17, 15) is 13.6 Å². The molecule has 0 radical (unpaired) electrons. The van der Waals surface area contributed by atoms with Crippen molar-refractivity contribution >= 4 is 5.97 Å². The summed E-state index contributed by atoms with van der Waals surface area (Å²) in [7, 11) is 1.23. The van der Waals surface area contributed by atoms with Gasteiger partial charge >= 0.3 is 5.97 Å². The third-order valence-electron chi connectivity index (χ3n) is 2.42. The molecule has 2 aromatic rings. The first kappa shape index (κ1) is 12.2. The predicted octanol–water partition coefficient (Wildman–Crippen LogP) is 2.81. The fourth-order valence-corrected chi connectivity index (χ4v) is 1.54. The van der Waals surface area contributed by atoms with E-state index in [0.29, 0.717) is 5.56 Å². The van der Waals surface area contributed by atoms with Crippen molar-refractivity contribution < 1.29 is 18.3 Å². The highest BCUT2D eigenvalue weighted by Gasteiger charge is 2.12. The standard InChI is InChI=1S/C13H9F2NO2/c1-18-13(17)9-5-8(6-16-7-9)10-3-2-4-11(14)12(10)15/h2-7H,1H3. The molecule has 1 aromatic carbocycles. The molecule has 2 rings (SSSR count). The van der Waals surface area contributed by atoms with E-state index >= 15 is 0 Å². The number of aromatic nitrogens is 1. The number of nitrogens with zero attached hydrogens (tertiary/aromatic N) is 1. The number of rotatable bonds is 2. The highest BCUT2D eigenvalue weighted by Crippen LogP contribution is 2.24. The molecule has 0 unspecified atom stereocenters. The summed E-state index contributed by atoms with van der Waals surface area (Å²) in [5.41, 5.74) is 0.543. The topological polar surface area (TPSA) is 39.2 Å². The summed E-state index contributed by atoms with van der Waals surface area (Å²) in [6.45, 7) is 0. The van der Waals surface area contributed by atoms with Gasteiger partial charge in [-0.2, -0.15) is 0 Å². The van der Waals surface area contributed by atoms with Crippen LogP contribution in [0.2, 0.25) is 0 Å². The van der Waals surface area contributed by atoms with Crippen LogP contribution in [0.1, 0.15) is 10.4 Å². The Morgan fingerprint density at radius 2 is 2.06 bits per heavy atom. The second-order valence-electron chi connectivity index (χ2n) is 3.56. The summed E-state index contributed by atoms with van der Waals surface area (Å²) < 4.78 is 31.2. The van der Waals surface area contributed by atoms with Crippen LogP contribution in [0.3, 0.4) is 0 Å². The van der Waals surface area contributed by atoms with E-state index in [-0.39, 0.29) is 11.1 Å². The Labute approximate surface area is 102 Å². The van der Waals surface area contributed by atoms with Gasteiger partial charge in [0.15, 0.2) is 11.6 Å². The van der Waals surface area contributed by atoms with E-state index in [1.165, 1.54) is 37.7 Å². The van der Waals surface area contributed by atoms with Crippen LogP contribution in [0.4, 0.5) is 8.78 Å². The fraction of sp³-hybridized carbons (Fsp3) is 0.0769. The van der Waals surface area contributed by atoms with Gasteiger partial charge in [-0.25, -0.2) is 13.6 Å². The van der Waals surface area contributed by atoms with Crippen LogP contribution >= 0.6 is 0 Å². The lowest BCUT2D eigenvalue weighted by molar-refractivity contribution is 0.0600. The number of ether oxygens (including phenoxy) is 1. The van der Waals surface area contributed by atoms with Crippen LogP contribution < -0.4 is 0 Å². The third kappa shape index (κ3) is 2.20. The molecular formula is C13H9F2NO2. The summed E-state index contributed by atoms with van der Waals surface area (Å²) >= 11 is 0. The van der Waals surface area contributed by atoms with Gasteiger partial charge in [0, 0.05) is 23.5 Å². The number of carbonyl (C=O) groups is 1. The SMILES string of the molecule is COC(=O)c1cncc(-c2cccc(F)c2F)c1. The van der Waals surface area contributed by atoms with Crippen LogP contribution in [0.5, 0.6) is 0 Å². The van der Waals surface area contributed by atoms with Gasteiger partial charge in [0.05, 0.1) is 12.7 Å². The van der Waals surface area contributed by atoms with Crippen molar-refractivity contribution in [3.63, 3.8) is 0 Å². The molecule has 0 atom stereocenters. The number of benzene rings is 1. The van der Waals surface area contributed by atoms with Crippen molar-refractivity contribution in [1.82, 2.24) is 4.98 Å². The second kappa shape index (κ2) is 4.91. The van der Waals surface area contributed by atoms with Gasteiger partial charge in [-0.3, -0.25) is 4.98 Å². The summed E-state index contributed by atoms with van der Waals surface area (Å²) in [6.07, 6.45) is 2.65. The zero-order valence-corrected chi connectivity index (χ0v) is 9.48. The van der Waals surface area contributed by atoms with Gasteiger partial charge in [0.25, 0.3) is 0 Å². The molecule has 1 heterocycles. The molecule has 0 spiro atoms. The molecule has 0 aliphatic carbocycles. The maximum atomic E-state index is 13.6. The van der Waals surface area contributed by atoms with Crippen LogP contribution in [-0.4, -0.2) is 18.1 Å². The molecule has 0 amide bonds. The number of carbonyl (C=O) groups excluding carboxylic acids is 1. The van der Waals surface area contributed by atoms with Gasteiger partial charge in [-0.05, 0) is 12.1 Å². The molecule has 0 fully saturated rings. The average molecular weight is 249 g/mol. The Hall–Kier alpha value is -2.30. The molecule has 0 aliphatic rings. The third-order valence-corrected chi connectivity index (χ3v) is 2.42. The maximum Gasteiger partial charge on any atom is 0.339 e. The highest BCUT2D eigenvalue weighted by molar-refractivity contribution is 5.90. The Morgan fingerprint density at radius 1 is 1.28 bits per heavy atom. The van der Waals surface area contributed by atoms with Gasteiger partial charge < -0.3 is 4.74 Å². The van der Waals surface area contributed by atoms with Crippen molar-refractivity contribution in [2.24, 2.45) is 0 Å². The molecule has 5 heteroatoms. The largest absolute Gasteiger partial charge is 0.465 e. The first-order valence-corrected chi connectivity index (χ1v) is 5.11. The summed E-state index contributed by atoms with van der Waals surface area (Å²) in [5, 5.41) is 0. The molecule has 0 saturated carbocycles. The van der Waals surface area contributed by atoms with E-state index < -0.39 is 17.6 Å². The van der Waals surface area contributed by atoms with Crippen LogP contribution in [0.15, 0.2) is 36.7 Å². The molecule has 18 heavy (non-hydrogen) atoms. The van der Waals surface area contributed by atoms with Gasteiger partial charge in [0.2, 0.25) is 0 Å². The summed E-state index contributed by atoms with van der Waals surface area (Å²) in [6, 6.07) is 5.22. The Balaban J connectivity index is 2.51. The molecule has 1 aromatic heterocycles. The first-order valence-electron chi connectivity index (χ1n) is 5.11. The van der Waals surface area contributed by atoms with Crippen molar-refractivity contribution in [2.45, 2.75) is 0 Å². The minimum absolute atomic E-state index is 0.0493. The molecule has 92 valence electrons. The first-order chi connectivity index (χ1) is 8.63. The maximum absolute atomic E-state index is 13.6. The normalized spacial score (nSPS) is 10.2. The Bertz CT molecular complexity index is 599. The lowest BCUT2D eigenvalue weighted by Crippen LogP contribution is -2.02. The van der Waals surface area contributed by atoms with E-state index in [1.807, 2.05) is 0 Å². The van der Waals surface area contributed by atoms with Gasteiger partial charge in [-0.15, -0.1) is 0 Å². The molecule has 0 aliphatic heterocycles. The fourth-order valence-electron chi connectivity index (χ4n) is 1.54. The number of hydrogen-bond acceptors (Lipinski definition) is 3. The molecular weight excluding hydrogens is 240 g/mol. The van der Waals surface area contributed by atoms with E-state index in [2.05, 4.69) is 9.72 Å². The van der Waals surface area contributed by atoms with Crippen molar-refractivity contribution in [3.05, 3.63) is 53.9 Å². The minimum Gasteiger partial charge on any atom is -0.465 e. The highest BCUT2D eigenvalue weighted by atomic mass is 19.2. The number of halogens is 2. The zero-order chi connectivity index (χ0) is 13.1. The number of pyridine rings is 1. The average Bonchev–Trinajstić information content (AvgIpc) is 2.41. The van der Waals surface area contributed by atoms with Crippen molar-refractivity contribution in [1.29, 1.82) is 0 Å². The summed E-state index contributed by atoms with van der Waals surface area (Å²) in [4.78, 5) is 15.1. The van der Waals surface area contributed by atoms with E-state index in [0.717, 1.165) is 6.07 Å². The molecule has 0 saturated heterocycles. The minimum atomic E-state index is -0.971. The Morgan fingerprint density at radius 3 is 2.78 bits per heavy atom. The van der Waals surface area contributed by atoms with E-state index in [1.54, 1.807) is 0 Å². The quantitative estimate of drug-likeness (QED) is 0.768. The monoisotopic (exact) mass is 249 g/mol. The van der Waals surface area contributed by atoms with Crippen LogP contribution in [0.25, 0.3) is 11.1 Å². The number of hydrogen-bond donors (Lipinski definition) is 0. The van der Waals surface area contributed by atoms with Gasteiger partial charge in [-0.1, -0.05) is 12.1 Å². The zero-order valence-electron chi connectivity index (χ0n) is 9.48. The van der Waals surface area contributed by atoms with Crippen LogP contribution in [-0.2, 0) is 4.74 Å². The van der Waals surface area contributed by atoms with E-state index in [4.69, 9.17) is 0 Å².